The van der Waals surface area contributed by atoms with Crippen molar-refractivity contribution in [3.63, 3.8) is 0 Å². The van der Waals surface area contributed by atoms with Crippen LogP contribution in [0.5, 0.6) is 5.75 Å². The van der Waals surface area contributed by atoms with Crippen LogP contribution in [0.4, 0.5) is 5.69 Å². The van der Waals surface area contributed by atoms with E-state index >= 15 is 0 Å². The van der Waals surface area contributed by atoms with E-state index in [4.69, 9.17) is 4.74 Å². The molecule has 2 aromatic carbocycles. The molecule has 3 aromatic rings. The largest absolute Gasteiger partial charge is 0.497 e. The molecule has 8 heteroatoms. The van der Waals surface area contributed by atoms with Crippen molar-refractivity contribution in [3.8, 4) is 17.0 Å². The predicted molar refractivity (Wildman–Crippen MR) is 130 cm³/mol. The lowest BCUT2D eigenvalue weighted by Gasteiger charge is -2.36. The minimum absolute atomic E-state index is 0.101. The van der Waals surface area contributed by atoms with Gasteiger partial charge in [0.2, 0.25) is 10.0 Å². The number of benzene rings is 2. The molecule has 0 bridgehead atoms. The van der Waals surface area contributed by atoms with Gasteiger partial charge < -0.3 is 9.64 Å². The first-order valence-corrected chi connectivity index (χ1v) is 13.1. The van der Waals surface area contributed by atoms with Gasteiger partial charge in [-0.15, -0.1) is 11.3 Å². The number of methoxy groups -OCH3 is 1. The smallest absolute Gasteiger partial charge is 0.243 e. The number of aromatic nitrogens is 1. The second-order valence-electron chi connectivity index (χ2n) is 8.25. The van der Waals surface area contributed by atoms with E-state index < -0.39 is 10.0 Å². The zero-order valence-corrected chi connectivity index (χ0v) is 20.5. The molecule has 1 aliphatic rings. The van der Waals surface area contributed by atoms with E-state index in [0.717, 1.165) is 33.3 Å². The fourth-order valence-corrected chi connectivity index (χ4v) is 6.44. The molecule has 170 valence electrons. The van der Waals surface area contributed by atoms with Crippen molar-refractivity contribution >= 4 is 27.0 Å². The molecule has 4 rings (SSSR count). The molecular formula is C24H29N3O3S2. The molecule has 32 heavy (non-hydrogen) atoms. The SMILES string of the molecule is COc1cccc(N2CCN(S(=O)(=O)c3cc(-c4csc(C)n4)ccc3C(C)C)CC2)c1. The number of sulfonamides is 1. The molecule has 2 heterocycles. The van der Waals surface area contributed by atoms with Gasteiger partial charge in [-0.1, -0.05) is 32.0 Å². The van der Waals surface area contributed by atoms with Crippen LogP contribution in [-0.2, 0) is 10.0 Å². The molecule has 0 amide bonds. The van der Waals surface area contributed by atoms with Crippen LogP contribution in [0.25, 0.3) is 11.3 Å². The summed E-state index contributed by atoms with van der Waals surface area (Å²) in [5.74, 6) is 0.900. The van der Waals surface area contributed by atoms with Crippen LogP contribution in [0.1, 0.15) is 30.3 Å². The topological polar surface area (TPSA) is 62.7 Å². The van der Waals surface area contributed by atoms with E-state index in [9.17, 15) is 8.42 Å². The number of rotatable bonds is 6. The van der Waals surface area contributed by atoms with Crippen LogP contribution in [0.2, 0.25) is 0 Å². The van der Waals surface area contributed by atoms with Gasteiger partial charge in [-0.25, -0.2) is 13.4 Å². The van der Waals surface area contributed by atoms with Crippen molar-refractivity contribution < 1.29 is 13.2 Å². The third kappa shape index (κ3) is 4.53. The van der Waals surface area contributed by atoms with Crippen LogP contribution in [-0.4, -0.2) is 51.0 Å². The molecule has 1 aliphatic heterocycles. The molecular weight excluding hydrogens is 442 g/mol. The maximum atomic E-state index is 13.7. The van der Waals surface area contributed by atoms with Gasteiger partial charge in [0.25, 0.3) is 0 Å². The number of anilines is 1. The lowest BCUT2D eigenvalue weighted by molar-refractivity contribution is 0.383. The molecule has 0 saturated carbocycles. The minimum Gasteiger partial charge on any atom is -0.497 e. The monoisotopic (exact) mass is 471 g/mol. The third-order valence-electron chi connectivity index (χ3n) is 5.83. The van der Waals surface area contributed by atoms with Crippen molar-refractivity contribution in [3.05, 3.63) is 58.4 Å². The zero-order chi connectivity index (χ0) is 22.9. The maximum Gasteiger partial charge on any atom is 0.243 e. The Labute approximate surface area is 194 Å². The molecule has 0 N–H and O–H groups in total. The number of piperazine rings is 1. The number of ether oxygens (including phenoxy) is 1. The van der Waals surface area contributed by atoms with Gasteiger partial charge in [0, 0.05) is 48.9 Å². The van der Waals surface area contributed by atoms with Gasteiger partial charge in [-0.3, -0.25) is 0 Å². The normalized spacial score (nSPS) is 15.3. The summed E-state index contributed by atoms with van der Waals surface area (Å²) in [6, 6.07) is 13.6. The summed E-state index contributed by atoms with van der Waals surface area (Å²) >= 11 is 1.57. The van der Waals surface area contributed by atoms with Crippen LogP contribution >= 0.6 is 11.3 Å². The number of thiazole rings is 1. The molecule has 1 saturated heterocycles. The average molecular weight is 472 g/mol. The Hall–Kier alpha value is -2.42. The molecule has 0 aliphatic carbocycles. The molecule has 6 nitrogen and oxygen atoms in total. The van der Waals surface area contributed by atoms with Crippen molar-refractivity contribution in [1.29, 1.82) is 0 Å². The lowest BCUT2D eigenvalue weighted by atomic mass is 10.0. The summed E-state index contributed by atoms with van der Waals surface area (Å²) in [6.07, 6.45) is 0. The lowest BCUT2D eigenvalue weighted by Crippen LogP contribution is -2.48. The quantitative estimate of drug-likeness (QED) is 0.519. The number of nitrogens with zero attached hydrogens (tertiary/aromatic N) is 3. The number of aryl methyl sites for hydroxylation is 1. The van der Waals surface area contributed by atoms with E-state index in [2.05, 4.69) is 9.88 Å². The highest BCUT2D eigenvalue weighted by molar-refractivity contribution is 7.89. The molecule has 0 unspecified atom stereocenters. The Morgan fingerprint density at radius 3 is 2.44 bits per heavy atom. The average Bonchev–Trinajstić information content (AvgIpc) is 3.25. The minimum atomic E-state index is -3.62. The van der Waals surface area contributed by atoms with Crippen molar-refractivity contribution in [2.75, 3.05) is 38.2 Å². The molecule has 0 radical (unpaired) electrons. The Morgan fingerprint density at radius 1 is 1.06 bits per heavy atom. The highest BCUT2D eigenvalue weighted by atomic mass is 32.2. The summed E-state index contributed by atoms with van der Waals surface area (Å²) in [7, 11) is -1.97. The van der Waals surface area contributed by atoms with Crippen molar-refractivity contribution in [2.24, 2.45) is 0 Å². The Morgan fingerprint density at radius 2 is 1.81 bits per heavy atom. The first-order valence-electron chi connectivity index (χ1n) is 10.7. The molecule has 1 aromatic heterocycles. The fraction of sp³-hybridized carbons (Fsp3) is 0.375. The standard InChI is InChI=1S/C24H29N3O3S2/c1-17(2)22-9-8-19(23-16-31-18(3)25-23)14-24(22)32(28,29)27-12-10-26(11-13-27)20-6-5-7-21(15-20)30-4/h5-9,14-17H,10-13H2,1-4H3. The summed E-state index contributed by atoms with van der Waals surface area (Å²) in [5, 5.41) is 2.94. The van der Waals surface area contributed by atoms with E-state index in [0.29, 0.717) is 31.1 Å². The van der Waals surface area contributed by atoms with Crippen LogP contribution in [0, 0.1) is 6.92 Å². The Balaban J connectivity index is 1.60. The van der Waals surface area contributed by atoms with Crippen molar-refractivity contribution in [2.45, 2.75) is 31.6 Å². The van der Waals surface area contributed by atoms with Crippen LogP contribution < -0.4 is 9.64 Å². The van der Waals surface area contributed by atoms with Gasteiger partial charge in [-0.05, 0) is 36.6 Å². The Bertz CT molecular complexity index is 1200. The second kappa shape index (κ2) is 9.21. The predicted octanol–water partition coefficient (Wildman–Crippen LogP) is 4.76. The summed E-state index contributed by atoms with van der Waals surface area (Å²) < 4.78 is 34.4. The highest BCUT2D eigenvalue weighted by Crippen LogP contribution is 2.32. The zero-order valence-electron chi connectivity index (χ0n) is 18.9. The first-order chi connectivity index (χ1) is 15.3. The molecule has 0 spiro atoms. The van der Waals surface area contributed by atoms with E-state index in [1.54, 1.807) is 28.8 Å². The van der Waals surface area contributed by atoms with Crippen molar-refractivity contribution in [1.82, 2.24) is 9.29 Å². The maximum absolute atomic E-state index is 13.7. The third-order valence-corrected chi connectivity index (χ3v) is 8.55. The Kier molecular flexibility index (Phi) is 6.55. The van der Waals surface area contributed by atoms with E-state index in [1.807, 2.05) is 62.5 Å². The fourth-order valence-electron chi connectivity index (χ4n) is 4.02. The molecule has 0 atom stereocenters. The summed E-state index contributed by atoms with van der Waals surface area (Å²) in [5.41, 5.74) is 3.55. The van der Waals surface area contributed by atoms with Gasteiger partial charge >= 0.3 is 0 Å². The summed E-state index contributed by atoms with van der Waals surface area (Å²) in [4.78, 5) is 7.14. The van der Waals surface area contributed by atoms with E-state index in [-0.39, 0.29) is 5.92 Å². The number of hydrogen-bond acceptors (Lipinski definition) is 6. The summed E-state index contributed by atoms with van der Waals surface area (Å²) in [6.45, 7) is 8.16. The molecule has 1 fully saturated rings. The van der Waals surface area contributed by atoms with Crippen LogP contribution in [0.3, 0.4) is 0 Å². The first kappa shape index (κ1) is 22.8. The number of hydrogen-bond donors (Lipinski definition) is 0. The van der Waals surface area contributed by atoms with Gasteiger partial charge in [0.15, 0.2) is 0 Å². The second-order valence-corrected chi connectivity index (χ2v) is 11.2. The van der Waals surface area contributed by atoms with Gasteiger partial charge in [0.05, 0.1) is 22.7 Å². The highest BCUT2D eigenvalue weighted by Gasteiger charge is 2.31. The van der Waals surface area contributed by atoms with Crippen LogP contribution in [0.15, 0.2) is 52.7 Å². The van der Waals surface area contributed by atoms with Gasteiger partial charge in [0.1, 0.15) is 5.75 Å². The van der Waals surface area contributed by atoms with E-state index in [1.165, 1.54) is 0 Å². The van der Waals surface area contributed by atoms with Gasteiger partial charge in [-0.2, -0.15) is 4.31 Å².